The second-order valence-corrected chi connectivity index (χ2v) is 8.27. The van der Waals surface area contributed by atoms with Crippen molar-refractivity contribution < 1.29 is 22.8 Å². The van der Waals surface area contributed by atoms with E-state index in [1.165, 1.54) is 6.07 Å². The molecule has 5 nitrogen and oxygen atoms in total. The van der Waals surface area contributed by atoms with Crippen molar-refractivity contribution >= 4 is 39.1 Å². The molecule has 0 bridgehead atoms. The summed E-state index contributed by atoms with van der Waals surface area (Å²) in [7, 11) is 0. The Labute approximate surface area is 191 Å². The number of pyridine rings is 1. The summed E-state index contributed by atoms with van der Waals surface area (Å²) in [5.41, 5.74) is 0.617. The number of anilines is 1. The van der Waals surface area contributed by atoms with Crippen LogP contribution in [0.4, 0.5) is 18.9 Å². The minimum absolute atomic E-state index is 0.109. The highest BCUT2D eigenvalue weighted by molar-refractivity contribution is 7.20. The summed E-state index contributed by atoms with van der Waals surface area (Å²) in [6.45, 7) is 1.64. The van der Waals surface area contributed by atoms with Gasteiger partial charge in [0.25, 0.3) is 11.8 Å². The number of rotatable bonds is 5. The molecule has 0 saturated heterocycles. The molecule has 2 amide bonds. The molecule has 0 aliphatic carbocycles. The third-order valence-corrected chi connectivity index (χ3v) is 6.21. The fourth-order valence-electron chi connectivity index (χ4n) is 3.35. The second kappa shape index (κ2) is 9.03. The maximum atomic E-state index is 13.1. The van der Waals surface area contributed by atoms with Gasteiger partial charge in [-0.25, -0.2) is 4.98 Å². The lowest BCUT2D eigenvalue weighted by Gasteiger charge is -2.19. The summed E-state index contributed by atoms with van der Waals surface area (Å²) in [5.74, 6) is -1.02. The Kier molecular flexibility index (Phi) is 6.15. The molecule has 0 fully saturated rings. The zero-order valence-corrected chi connectivity index (χ0v) is 18.1. The lowest BCUT2D eigenvalue weighted by molar-refractivity contribution is -0.140. The Hall–Kier alpha value is -3.72. The number of aromatic nitrogens is 1. The first-order valence-corrected chi connectivity index (χ1v) is 10.7. The van der Waals surface area contributed by atoms with Gasteiger partial charge in [0.05, 0.1) is 4.88 Å². The number of amides is 2. The SMILES string of the molecule is Cc1c(C(=O)NC(C(=O)Nc2ccccc2)c2ccccc2)sc2nc(C(F)(F)F)ccc12. The molecule has 168 valence electrons. The van der Waals surface area contributed by atoms with Crippen LogP contribution in [-0.2, 0) is 11.0 Å². The van der Waals surface area contributed by atoms with Gasteiger partial charge in [-0.3, -0.25) is 9.59 Å². The predicted molar refractivity (Wildman–Crippen MR) is 121 cm³/mol. The Bertz CT molecular complexity index is 1310. The van der Waals surface area contributed by atoms with Crippen LogP contribution in [0.25, 0.3) is 10.2 Å². The standard InChI is InChI=1S/C24H18F3N3O2S/c1-14-17-12-13-18(24(25,26)27)29-23(17)33-20(14)22(32)30-19(15-8-4-2-5-9-15)21(31)28-16-10-6-3-7-11-16/h2-13,19H,1H3,(H,28,31)(H,30,32). The number of benzene rings is 2. The average molecular weight is 469 g/mol. The maximum absolute atomic E-state index is 13.1. The van der Waals surface area contributed by atoms with Gasteiger partial charge >= 0.3 is 6.18 Å². The number of hydrogen-bond acceptors (Lipinski definition) is 4. The van der Waals surface area contributed by atoms with E-state index >= 15 is 0 Å². The molecule has 0 spiro atoms. The first-order valence-electron chi connectivity index (χ1n) is 9.93. The van der Waals surface area contributed by atoms with E-state index in [-0.39, 0.29) is 9.71 Å². The number of aryl methyl sites for hydroxylation is 1. The molecular weight excluding hydrogens is 451 g/mol. The van der Waals surface area contributed by atoms with Crippen LogP contribution in [0.1, 0.15) is 32.5 Å². The first kappa shape index (κ1) is 22.5. The third kappa shape index (κ3) is 4.88. The van der Waals surface area contributed by atoms with Crippen LogP contribution < -0.4 is 10.6 Å². The van der Waals surface area contributed by atoms with Crippen molar-refractivity contribution in [2.75, 3.05) is 5.32 Å². The van der Waals surface area contributed by atoms with Gasteiger partial charge in [0, 0.05) is 11.1 Å². The van der Waals surface area contributed by atoms with Gasteiger partial charge in [-0.05, 0) is 42.3 Å². The van der Waals surface area contributed by atoms with Crippen molar-refractivity contribution in [1.82, 2.24) is 10.3 Å². The number of nitrogens with zero attached hydrogens (tertiary/aromatic N) is 1. The van der Waals surface area contributed by atoms with Gasteiger partial charge in [-0.1, -0.05) is 48.5 Å². The summed E-state index contributed by atoms with van der Waals surface area (Å²) in [6.07, 6.45) is -4.58. The highest BCUT2D eigenvalue weighted by Gasteiger charge is 2.33. The number of nitrogens with one attached hydrogen (secondary N) is 2. The van der Waals surface area contributed by atoms with Gasteiger partial charge in [0.1, 0.15) is 16.6 Å². The van der Waals surface area contributed by atoms with Crippen LogP contribution in [0.2, 0.25) is 0 Å². The minimum atomic E-state index is -4.58. The van der Waals surface area contributed by atoms with Crippen LogP contribution in [0, 0.1) is 6.92 Å². The van der Waals surface area contributed by atoms with E-state index in [2.05, 4.69) is 15.6 Å². The van der Waals surface area contributed by atoms with Crippen molar-refractivity contribution in [3.63, 3.8) is 0 Å². The van der Waals surface area contributed by atoms with Crippen LogP contribution in [-0.4, -0.2) is 16.8 Å². The predicted octanol–water partition coefficient (Wildman–Crippen LogP) is 5.73. The quantitative estimate of drug-likeness (QED) is 0.392. The third-order valence-electron chi connectivity index (χ3n) is 5.01. The van der Waals surface area contributed by atoms with E-state index in [4.69, 9.17) is 0 Å². The molecule has 9 heteroatoms. The molecule has 33 heavy (non-hydrogen) atoms. The van der Waals surface area contributed by atoms with E-state index in [9.17, 15) is 22.8 Å². The Morgan fingerprint density at radius 3 is 2.21 bits per heavy atom. The number of para-hydroxylation sites is 1. The summed E-state index contributed by atoms with van der Waals surface area (Å²) in [6, 6.07) is 18.7. The fraction of sp³-hybridized carbons (Fsp3) is 0.125. The second-order valence-electron chi connectivity index (χ2n) is 7.28. The summed E-state index contributed by atoms with van der Waals surface area (Å²) in [5, 5.41) is 5.96. The van der Waals surface area contributed by atoms with Crippen molar-refractivity contribution in [2.45, 2.75) is 19.1 Å². The van der Waals surface area contributed by atoms with E-state index in [0.717, 1.165) is 17.4 Å². The molecule has 0 aliphatic heterocycles. The highest BCUT2D eigenvalue weighted by atomic mass is 32.1. The van der Waals surface area contributed by atoms with Crippen LogP contribution in [0.15, 0.2) is 72.8 Å². The summed E-state index contributed by atoms with van der Waals surface area (Å²) in [4.78, 5) is 30.1. The number of fused-ring (bicyclic) bond motifs is 1. The highest BCUT2D eigenvalue weighted by Crippen LogP contribution is 2.34. The first-order chi connectivity index (χ1) is 15.7. The van der Waals surface area contributed by atoms with Crippen LogP contribution >= 0.6 is 11.3 Å². The molecule has 2 aromatic heterocycles. The van der Waals surface area contributed by atoms with E-state index in [1.54, 1.807) is 61.5 Å². The maximum Gasteiger partial charge on any atom is 0.433 e. The average Bonchev–Trinajstić information content (AvgIpc) is 3.14. The number of hydrogen-bond donors (Lipinski definition) is 2. The monoisotopic (exact) mass is 469 g/mol. The normalized spacial score (nSPS) is 12.4. The Morgan fingerprint density at radius 1 is 0.939 bits per heavy atom. The largest absolute Gasteiger partial charge is 0.433 e. The number of halogens is 3. The lowest BCUT2D eigenvalue weighted by Crippen LogP contribution is -2.36. The molecule has 2 aromatic carbocycles. The minimum Gasteiger partial charge on any atom is -0.336 e. The lowest BCUT2D eigenvalue weighted by atomic mass is 10.1. The van der Waals surface area contributed by atoms with Gasteiger partial charge in [0.15, 0.2) is 0 Å². The number of alkyl halides is 3. The van der Waals surface area contributed by atoms with E-state index < -0.39 is 29.7 Å². The molecule has 4 aromatic rings. The van der Waals surface area contributed by atoms with Crippen LogP contribution in [0.5, 0.6) is 0 Å². The van der Waals surface area contributed by atoms with Gasteiger partial charge in [0.2, 0.25) is 0 Å². The zero-order valence-electron chi connectivity index (χ0n) is 17.3. The molecular formula is C24H18F3N3O2S. The zero-order chi connectivity index (χ0) is 23.6. The van der Waals surface area contributed by atoms with Crippen LogP contribution in [0.3, 0.4) is 0 Å². The number of thiophene rings is 1. The van der Waals surface area contributed by atoms with Gasteiger partial charge < -0.3 is 10.6 Å². The van der Waals surface area contributed by atoms with Crippen molar-refractivity contribution in [3.05, 3.63) is 94.5 Å². The Balaban J connectivity index is 1.65. The molecule has 0 aliphatic rings. The number of carbonyl (C=O) groups is 2. The van der Waals surface area contributed by atoms with E-state index in [1.807, 2.05) is 6.07 Å². The topological polar surface area (TPSA) is 71.1 Å². The molecule has 2 N–H and O–H groups in total. The molecule has 0 saturated carbocycles. The van der Waals surface area contributed by atoms with Crippen molar-refractivity contribution in [1.29, 1.82) is 0 Å². The smallest absolute Gasteiger partial charge is 0.336 e. The number of carbonyl (C=O) groups excluding carboxylic acids is 2. The van der Waals surface area contributed by atoms with E-state index in [0.29, 0.717) is 22.2 Å². The molecule has 0 radical (unpaired) electrons. The van der Waals surface area contributed by atoms with Gasteiger partial charge in [-0.2, -0.15) is 13.2 Å². The Morgan fingerprint density at radius 2 is 1.58 bits per heavy atom. The molecule has 2 heterocycles. The van der Waals surface area contributed by atoms with Crippen molar-refractivity contribution in [3.8, 4) is 0 Å². The molecule has 1 atom stereocenters. The van der Waals surface area contributed by atoms with Gasteiger partial charge in [-0.15, -0.1) is 11.3 Å². The van der Waals surface area contributed by atoms with Crippen molar-refractivity contribution in [2.24, 2.45) is 0 Å². The fourth-order valence-corrected chi connectivity index (χ4v) is 4.44. The summed E-state index contributed by atoms with van der Waals surface area (Å²) < 4.78 is 39.1. The molecule has 1 unspecified atom stereocenters. The molecule has 4 rings (SSSR count). The summed E-state index contributed by atoms with van der Waals surface area (Å²) >= 11 is 0.860.